The van der Waals surface area contributed by atoms with Crippen LogP contribution in [0.3, 0.4) is 0 Å². The molecular weight excluding hydrogens is 424 g/mol. The monoisotopic (exact) mass is 454 g/mol. The molecule has 0 unspecified atom stereocenters. The standard InChI is InChI=1S/C25H30N2O4S/c1-16-5-7-20(8-6-16)13-26-25(28)24-19(4)22-12-21(9-10-23(22)31-24)32(29,30)27-14-17(2)11-18(3)15-27/h5-10,12,17-18H,11,13-15H2,1-4H3,(H,26,28)/t17-,18-/m0/s1. The number of benzene rings is 2. The molecule has 1 saturated heterocycles. The van der Waals surface area contributed by atoms with Crippen LogP contribution in [0.4, 0.5) is 0 Å². The van der Waals surface area contributed by atoms with E-state index in [0.717, 1.165) is 17.5 Å². The number of amides is 1. The fourth-order valence-corrected chi connectivity index (χ4v) is 6.20. The second-order valence-corrected chi connectivity index (χ2v) is 11.1. The molecule has 6 nitrogen and oxygen atoms in total. The summed E-state index contributed by atoms with van der Waals surface area (Å²) in [5.74, 6) is 0.553. The summed E-state index contributed by atoms with van der Waals surface area (Å²) < 4.78 is 33.9. The van der Waals surface area contributed by atoms with Gasteiger partial charge in [-0.2, -0.15) is 4.31 Å². The molecule has 0 saturated carbocycles. The summed E-state index contributed by atoms with van der Waals surface area (Å²) in [4.78, 5) is 13.0. The Morgan fingerprint density at radius 2 is 1.72 bits per heavy atom. The van der Waals surface area contributed by atoms with E-state index in [4.69, 9.17) is 4.42 Å². The van der Waals surface area contributed by atoms with Gasteiger partial charge in [-0.25, -0.2) is 8.42 Å². The van der Waals surface area contributed by atoms with Gasteiger partial charge in [0, 0.05) is 30.6 Å². The van der Waals surface area contributed by atoms with Crippen LogP contribution in [0, 0.1) is 25.7 Å². The smallest absolute Gasteiger partial charge is 0.287 e. The number of sulfonamides is 1. The van der Waals surface area contributed by atoms with E-state index in [1.54, 1.807) is 29.4 Å². The first-order valence-corrected chi connectivity index (χ1v) is 12.5. The largest absolute Gasteiger partial charge is 0.451 e. The van der Waals surface area contributed by atoms with Crippen LogP contribution < -0.4 is 5.32 Å². The zero-order valence-corrected chi connectivity index (χ0v) is 19.8. The second-order valence-electron chi connectivity index (χ2n) is 9.15. The molecule has 0 radical (unpaired) electrons. The van der Waals surface area contributed by atoms with Gasteiger partial charge in [0.2, 0.25) is 10.0 Å². The number of carbonyl (C=O) groups is 1. The van der Waals surface area contributed by atoms with Crippen molar-refractivity contribution in [1.29, 1.82) is 0 Å². The Morgan fingerprint density at radius 1 is 1.06 bits per heavy atom. The van der Waals surface area contributed by atoms with Crippen LogP contribution in [0.15, 0.2) is 51.8 Å². The SMILES string of the molecule is Cc1ccc(CNC(=O)c2oc3ccc(S(=O)(=O)N4C[C@@H](C)C[C@H](C)C4)cc3c2C)cc1. The van der Waals surface area contributed by atoms with E-state index >= 15 is 0 Å². The van der Waals surface area contributed by atoms with Crippen LogP contribution in [-0.2, 0) is 16.6 Å². The second kappa shape index (κ2) is 8.71. The van der Waals surface area contributed by atoms with E-state index in [2.05, 4.69) is 19.2 Å². The van der Waals surface area contributed by atoms with Crippen LogP contribution in [-0.4, -0.2) is 31.7 Å². The third-order valence-corrected chi connectivity index (χ3v) is 7.99. The molecule has 1 fully saturated rings. The number of carbonyl (C=O) groups excluding carboxylic acids is 1. The summed E-state index contributed by atoms with van der Waals surface area (Å²) in [5.41, 5.74) is 3.30. The van der Waals surface area contributed by atoms with Crippen molar-refractivity contribution in [2.75, 3.05) is 13.1 Å². The summed E-state index contributed by atoms with van der Waals surface area (Å²) in [6.45, 7) is 9.42. The lowest BCUT2D eigenvalue weighted by Crippen LogP contribution is -2.42. The normalized spacial score (nSPS) is 19.9. The van der Waals surface area contributed by atoms with Crippen LogP contribution in [0.2, 0.25) is 0 Å². The number of nitrogens with zero attached hydrogens (tertiary/aromatic N) is 1. The van der Waals surface area contributed by atoms with Gasteiger partial charge < -0.3 is 9.73 Å². The third-order valence-electron chi connectivity index (χ3n) is 6.16. The van der Waals surface area contributed by atoms with Gasteiger partial charge in [-0.05, 0) is 55.9 Å². The molecule has 1 aromatic heterocycles. The molecule has 1 aliphatic heterocycles. The van der Waals surface area contributed by atoms with Gasteiger partial charge in [-0.15, -0.1) is 0 Å². The maximum absolute atomic E-state index is 13.3. The molecule has 32 heavy (non-hydrogen) atoms. The van der Waals surface area contributed by atoms with Gasteiger partial charge in [-0.1, -0.05) is 43.7 Å². The molecule has 0 spiro atoms. The van der Waals surface area contributed by atoms with Crippen molar-refractivity contribution >= 4 is 26.9 Å². The van der Waals surface area contributed by atoms with E-state index in [9.17, 15) is 13.2 Å². The van der Waals surface area contributed by atoms with Crippen molar-refractivity contribution in [3.63, 3.8) is 0 Å². The first kappa shape index (κ1) is 22.6. The van der Waals surface area contributed by atoms with Crippen molar-refractivity contribution in [3.05, 3.63) is 64.9 Å². The molecule has 170 valence electrons. The minimum Gasteiger partial charge on any atom is -0.451 e. The highest BCUT2D eigenvalue weighted by atomic mass is 32.2. The van der Waals surface area contributed by atoms with Gasteiger partial charge in [0.1, 0.15) is 5.58 Å². The maximum Gasteiger partial charge on any atom is 0.287 e. The molecule has 7 heteroatoms. The number of piperidine rings is 1. The number of hydrogen-bond donors (Lipinski definition) is 1. The first-order chi connectivity index (χ1) is 15.1. The molecular formula is C25H30N2O4S. The summed E-state index contributed by atoms with van der Waals surface area (Å²) in [6, 6.07) is 12.8. The maximum atomic E-state index is 13.3. The van der Waals surface area contributed by atoms with E-state index in [0.29, 0.717) is 48.0 Å². The summed E-state index contributed by atoms with van der Waals surface area (Å²) in [6.07, 6.45) is 1.03. The summed E-state index contributed by atoms with van der Waals surface area (Å²) in [5, 5.41) is 3.53. The quantitative estimate of drug-likeness (QED) is 0.609. The number of furan rings is 1. The van der Waals surface area contributed by atoms with Crippen molar-refractivity contribution < 1.29 is 17.6 Å². The Balaban J connectivity index is 1.58. The number of nitrogens with one attached hydrogen (secondary N) is 1. The predicted octanol–water partition coefficient (Wildman–Crippen LogP) is 4.65. The van der Waals surface area contributed by atoms with Gasteiger partial charge in [-0.3, -0.25) is 4.79 Å². The average molecular weight is 455 g/mol. The van der Waals surface area contributed by atoms with Gasteiger partial charge in [0.25, 0.3) is 5.91 Å². The highest BCUT2D eigenvalue weighted by Crippen LogP contribution is 2.31. The highest BCUT2D eigenvalue weighted by Gasteiger charge is 2.32. The van der Waals surface area contributed by atoms with Crippen LogP contribution in [0.5, 0.6) is 0 Å². The van der Waals surface area contributed by atoms with Crippen molar-refractivity contribution in [2.24, 2.45) is 11.8 Å². The van der Waals surface area contributed by atoms with E-state index < -0.39 is 10.0 Å². The lowest BCUT2D eigenvalue weighted by molar-refractivity contribution is 0.0924. The van der Waals surface area contributed by atoms with Crippen LogP contribution >= 0.6 is 0 Å². The molecule has 1 amide bonds. The Hall–Kier alpha value is -2.64. The third kappa shape index (κ3) is 4.45. The molecule has 4 rings (SSSR count). The van der Waals surface area contributed by atoms with E-state index in [1.165, 1.54) is 0 Å². The molecule has 3 aromatic rings. The van der Waals surface area contributed by atoms with Crippen LogP contribution in [0.25, 0.3) is 11.0 Å². The minimum absolute atomic E-state index is 0.210. The molecule has 0 aliphatic carbocycles. The lowest BCUT2D eigenvalue weighted by Gasteiger charge is -2.34. The number of rotatable bonds is 5. The summed E-state index contributed by atoms with van der Waals surface area (Å²) >= 11 is 0. The van der Waals surface area contributed by atoms with Crippen molar-refractivity contribution in [2.45, 2.75) is 45.6 Å². The van der Waals surface area contributed by atoms with Gasteiger partial charge in [0.05, 0.1) is 4.90 Å². The number of aryl methyl sites for hydroxylation is 2. The Kier molecular flexibility index (Phi) is 6.14. The Bertz CT molecular complexity index is 1230. The van der Waals surface area contributed by atoms with Gasteiger partial charge >= 0.3 is 0 Å². The molecule has 2 atom stereocenters. The number of fused-ring (bicyclic) bond motifs is 1. The zero-order chi connectivity index (χ0) is 23.0. The minimum atomic E-state index is -3.61. The molecule has 2 heterocycles. The molecule has 1 N–H and O–H groups in total. The fourth-order valence-electron chi connectivity index (χ4n) is 4.50. The topological polar surface area (TPSA) is 79.6 Å². The predicted molar refractivity (Wildman–Crippen MR) is 125 cm³/mol. The van der Waals surface area contributed by atoms with E-state index in [-0.39, 0.29) is 16.6 Å². The van der Waals surface area contributed by atoms with Crippen molar-refractivity contribution in [3.8, 4) is 0 Å². The summed E-state index contributed by atoms with van der Waals surface area (Å²) in [7, 11) is -3.61. The number of hydrogen-bond acceptors (Lipinski definition) is 4. The highest BCUT2D eigenvalue weighted by molar-refractivity contribution is 7.89. The van der Waals surface area contributed by atoms with Crippen LogP contribution in [0.1, 0.15) is 47.5 Å². The Morgan fingerprint density at radius 3 is 2.38 bits per heavy atom. The molecule has 0 bridgehead atoms. The van der Waals surface area contributed by atoms with Gasteiger partial charge in [0.15, 0.2) is 5.76 Å². The molecule has 1 aliphatic rings. The average Bonchev–Trinajstić information content (AvgIpc) is 3.08. The lowest BCUT2D eigenvalue weighted by atomic mass is 9.94. The molecule has 2 aromatic carbocycles. The van der Waals surface area contributed by atoms with E-state index in [1.807, 2.05) is 31.2 Å². The first-order valence-electron chi connectivity index (χ1n) is 11.0. The van der Waals surface area contributed by atoms with Crippen molar-refractivity contribution in [1.82, 2.24) is 9.62 Å². The Labute approximate surface area is 189 Å². The zero-order valence-electron chi connectivity index (χ0n) is 19.0. The fraction of sp³-hybridized carbons (Fsp3) is 0.400.